The van der Waals surface area contributed by atoms with E-state index in [1.165, 1.54) is 32.1 Å². The zero-order valence-corrected chi connectivity index (χ0v) is 13.6. The number of rotatable bonds is 6. The van der Waals surface area contributed by atoms with E-state index in [4.69, 9.17) is 0 Å². The smallest absolute Gasteiger partial charge is 0.220 e. The number of carbonyl (C=O) groups excluding carboxylic acids is 1. The van der Waals surface area contributed by atoms with Gasteiger partial charge >= 0.3 is 0 Å². The first-order chi connectivity index (χ1) is 10.7. The number of nitrogens with zero attached hydrogens (tertiary/aromatic N) is 3. The molecule has 5 heteroatoms. The molecule has 1 atom stereocenters. The molecule has 2 heterocycles. The van der Waals surface area contributed by atoms with Crippen molar-refractivity contribution in [2.75, 3.05) is 18.0 Å². The predicted octanol–water partition coefficient (Wildman–Crippen LogP) is 2.48. The van der Waals surface area contributed by atoms with E-state index < -0.39 is 0 Å². The molecule has 22 heavy (non-hydrogen) atoms. The van der Waals surface area contributed by atoms with E-state index >= 15 is 0 Å². The molecule has 122 valence electrons. The molecule has 2 fully saturated rings. The highest BCUT2D eigenvalue weighted by Crippen LogP contribution is 2.28. The maximum atomic E-state index is 12.1. The Kier molecular flexibility index (Phi) is 5.01. The van der Waals surface area contributed by atoms with Gasteiger partial charge < -0.3 is 10.2 Å². The van der Waals surface area contributed by atoms with Crippen LogP contribution in [0.1, 0.15) is 51.4 Å². The van der Waals surface area contributed by atoms with Gasteiger partial charge in [-0.1, -0.05) is 25.7 Å². The molecule has 0 unspecified atom stereocenters. The lowest BCUT2D eigenvalue weighted by atomic mass is 10.0. The molecule has 1 saturated carbocycles. The van der Waals surface area contributed by atoms with Crippen molar-refractivity contribution in [2.24, 2.45) is 13.0 Å². The van der Waals surface area contributed by atoms with Crippen LogP contribution in [0.5, 0.6) is 0 Å². The zero-order chi connectivity index (χ0) is 15.4. The second-order valence-corrected chi connectivity index (χ2v) is 6.91. The van der Waals surface area contributed by atoms with Crippen LogP contribution in [-0.4, -0.2) is 34.8 Å². The van der Waals surface area contributed by atoms with Crippen molar-refractivity contribution in [1.82, 2.24) is 15.1 Å². The molecule has 1 aromatic heterocycles. The van der Waals surface area contributed by atoms with E-state index in [-0.39, 0.29) is 5.91 Å². The van der Waals surface area contributed by atoms with Gasteiger partial charge in [0, 0.05) is 38.8 Å². The minimum absolute atomic E-state index is 0.232. The summed E-state index contributed by atoms with van der Waals surface area (Å²) in [7, 11) is 1.93. The number of aryl methyl sites for hydroxylation is 1. The average Bonchev–Trinajstić information content (AvgIpc) is 3.20. The van der Waals surface area contributed by atoms with Gasteiger partial charge in [-0.05, 0) is 25.2 Å². The molecule has 0 radical (unpaired) electrons. The number of hydrogen-bond donors (Lipinski definition) is 1. The monoisotopic (exact) mass is 304 g/mol. The first-order valence-corrected chi connectivity index (χ1v) is 8.73. The third kappa shape index (κ3) is 4.02. The van der Waals surface area contributed by atoms with Crippen LogP contribution in [0.25, 0.3) is 0 Å². The van der Waals surface area contributed by atoms with Gasteiger partial charge in [-0.3, -0.25) is 9.48 Å². The number of amides is 1. The van der Waals surface area contributed by atoms with Crippen LogP contribution in [-0.2, 0) is 11.8 Å². The fourth-order valence-electron chi connectivity index (χ4n) is 3.83. The number of hydrogen-bond acceptors (Lipinski definition) is 3. The Labute approximate surface area is 133 Å². The molecule has 1 N–H and O–H groups in total. The summed E-state index contributed by atoms with van der Waals surface area (Å²) in [5.74, 6) is 1.12. The molecule has 3 rings (SSSR count). The summed E-state index contributed by atoms with van der Waals surface area (Å²) in [6.07, 6.45) is 13.5. The van der Waals surface area contributed by atoms with Gasteiger partial charge in [0.15, 0.2) is 0 Å². The number of anilines is 1. The highest BCUT2D eigenvalue weighted by molar-refractivity contribution is 5.76. The lowest BCUT2D eigenvalue weighted by Crippen LogP contribution is -2.36. The van der Waals surface area contributed by atoms with Gasteiger partial charge in [-0.2, -0.15) is 5.10 Å². The van der Waals surface area contributed by atoms with Crippen LogP contribution >= 0.6 is 0 Å². The van der Waals surface area contributed by atoms with Gasteiger partial charge in [0.2, 0.25) is 5.91 Å². The minimum atomic E-state index is 0.232. The SMILES string of the molecule is Cn1cc(N2CC[C@@H](NC(=O)CCCC3CCCC3)C2)cn1. The Balaban J connectivity index is 1.35. The van der Waals surface area contributed by atoms with Gasteiger partial charge in [0.25, 0.3) is 0 Å². The summed E-state index contributed by atoms with van der Waals surface area (Å²) >= 11 is 0. The van der Waals surface area contributed by atoms with E-state index in [1.807, 2.05) is 24.1 Å². The molecule has 1 amide bonds. The Morgan fingerprint density at radius 3 is 2.91 bits per heavy atom. The second-order valence-electron chi connectivity index (χ2n) is 6.91. The molecule has 1 saturated heterocycles. The Hall–Kier alpha value is -1.52. The van der Waals surface area contributed by atoms with Gasteiger partial charge in [0.1, 0.15) is 0 Å². The van der Waals surface area contributed by atoms with E-state index in [0.717, 1.165) is 37.5 Å². The summed E-state index contributed by atoms with van der Waals surface area (Å²) in [6, 6.07) is 0.291. The standard InChI is InChI=1S/C17H28N4O/c1-20-13-16(11-18-20)21-10-9-15(12-21)19-17(22)8-4-7-14-5-2-3-6-14/h11,13-15H,2-10,12H2,1H3,(H,19,22)/t15-/m1/s1. The molecule has 2 aliphatic rings. The topological polar surface area (TPSA) is 50.2 Å². The number of carbonyl (C=O) groups is 1. The maximum absolute atomic E-state index is 12.1. The quantitative estimate of drug-likeness (QED) is 0.878. The fourth-order valence-corrected chi connectivity index (χ4v) is 3.83. The van der Waals surface area contributed by atoms with E-state index in [9.17, 15) is 4.79 Å². The summed E-state index contributed by atoms with van der Waals surface area (Å²) in [5.41, 5.74) is 1.15. The van der Waals surface area contributed by atoms with Crippen molar-refractivity contribution in [1.29, 1.82) is 0 Å². The summed E-state index contributed by atoms with van der Waals surface area (Å²) < 4.78 is 1.82. The first-order valence-electron chi connectivity index (χ1n) is 8.73. The maximum Gasteiger partial charge on any atom is 0.220 e. The summed E-state index contributed by atoms with van der Waals surface area (Å²) in [6.45, 7) is 1.90. The summed E-state index contributed by atoms with van der Waals surface area (Å²) in [4.78, 5) is 14.4. The molecular formula is C17H28N4O. The number of nitrogens with one attached hydrogen (secondary N) is 1. The molecule has 5 nitrogen and oxygen atoms in total. The van der Waals surface area contributed by atoms with Gasteiger partial charge in [-0.15, -0.1) is 0 Å². The van der Waals surface area contributed by atoms with Crippen molar-refractivity contribution in [3.05, 3.63) is 12.4 Å². The van der Waals surface area contributed by atoms with Crippen molar-refractivity contribution in [3.63, 3.8) is 0 Å². The fraction of sp³-hybridized carbons (Fsp3) is 0.765. The van der Waals surface area contributed by atoms with Crippen LogP contribution in [0.3, 0.4) is 0 Å². The largest absolute Gasteiger partial charge is 0.367 e. The van der Waals surface area contributed by atoms with Crippen LogP contribution in [0.4, 0.5) is 5.69 Å². The van der Waals surface area contributed by atoms with Crippen LogP contribution < -0.4 is 10.2 Å². The molecule has 1 aliphatic heterocycles. The average molecular weight is 304 g/mol. The third-order valence-electron chi connectivity index (χ3n) is 5.10. The van der Waals surface area contributed by atoms with E-state index in [0.29, 0.717) is 12.5 Å². The second kappa shape index (κ2) is 7.16. The first kappa shape index (κ1) is 15.4. The van der Waals surface area contributed by atoms with Gasteiger partial charge in [0.05, 0.1) is 11.9 Å². The van der Waals surface area contributed by atoms with E-state index in [2.05, 4.69) is 15.3 Å². The summed E-state index contributed by atoms with van der Waals surface area (Å²) in [5, 5.41) is 7.42. The third-order valence-corrected chi connectivity index (χ3v) is 5.10. The molecule has 1 aromatic rings. The van der Waals surface area contributed by atoms with Gasteiger partial charge in [-0.25, -0.2) is 0 Å². The van der Waals surface area contributed by atoms with Crippen LogP contribution in [0.15, 0.2) is 12.4 Å². The minimum Gasteiger partial charge on any atom is -0.367 e. The molecule has 0 aromatic carbocycles. The normalized spacial score (nSPS) is 22.4. The Bertz CT molecular complexity index is 493. The predicted molar refractivity (Wildman–Crippen MR) is 87.8 cm³/mol. The van der Waals surface area contributed by atoms with Crippen LogP contribution in [0, 0.1) is 5.92 Å². The Morgan fingerprint density at radius 1 is 1.36 bits per heavy atom. The van der Waals surface area contributed by atoms with Crippen molar-refractivity contribution >= 4 is 11.6 Å². The molecule has 0 bridgehead atoms. The molecule has 1 aliphatic carbocycles. The van der Waals surface area contributed by atoms with Crippen molar-refractivity contribution in [2.45, 2.75) is 57.4 Å². The number of aromatic nitrogens is 2. The van der Waals surface area contributed by atoms with E-state index in [1.54, 1.807) is 0 Å². The lowest BCUT2D eigenvalue weighted by Gasteiger charge is -2.17. The molecular weight excluding hydrogens is 276 g/mol. The highest BCUT2D eigenvalue weighted by atomic mass is 16.1. The Morgan fingerprint density at radius 2 is 2.18 bits per heavy atom. The molecule has 0 spiro atoms. The zero-order valence-electron chi connectivity index (χ0n) is 13.6. The van der Waals surface area contributed by atoms with Crippen LogP contribution in [0.2, 0.25) is 0 Å². The van der Waals surface area contributed by atoms with Crippen molar-refractivity contribution < 1.29 is 4.79 Å². The lowest BCUT2D eigenvalue weighted by molar-refractivity contribution is -0.121. The van der Waals surface area contributed by atoms with Crippen molar-refractivity contribution in [3.8, 4) is 0 Å². The highest BCUT2D eigenvalue weighted by Gasteiger charge is 2.24.